The SMILES string of the molecule is OC(COCC1CCCO1)CN1CCN(c2ccc(F)cc2)CC1. The Bertz CT molecular complexity index is 486. The van der Waals surface area contributed by atoms with Crippen molar-refractivity contribution in [1.82, 2.24) is 4.90 Å². The van der Waals surface area contributed by atoms with Crippen LogP contribution in [0.1, 0.15) is 12.8 Å². The van der Waals surface area contributed by atoms with Crippen LogP contribution in [0.5, 0.6) is 0 Å². The molecular formula is C18H27FN2O3. The topological polar surface area (TPSA) is 45.2 Å². The van der Waals surface area contributed by atoms with Crippen LogP contribution in [-0.2, 0) is 9.47 Å². The van der Waals surface area contributed by atoms with Crippen LogP contribution in [-0.4, -0.2) is 74.8 Å². The molecule has 2 aliphatic rings. The highest BCUT2D eigenvalue weighted by molar-refractivity contribution is 5.46. The molecule has 6 heteroatoms. The summed E-state index contributed by atoms with van der Waals surface area (Å²) in [5.74, 6) is -0.205. The van der Waals surface area contributed by atoms with Gasteiger partial charge in [-0.25, -0.2) is 4.39 Å². The molecular weight excluding hydrogens is 311 g/mol. The Morgan fingerprint density at radius 3 is 2.62 bits per heavy atom. The van der Waals surface area contributed by atoms with Crippen LogP contribution in [0.15, 0.2) is 24.3 Å². The van der Waals surface area contributed by atoms with Gasteiger partial charge in [0.1, 0.15) is 5.82 Å². The lowest BCUT2D eigenvalue weighted by Crippen LogP contribution is -2.49. The Hall–Kier alpha value is -1.21. The monoisotopic (exact) mass is 338 g/mol. The van der Waals surface area contributed by atoms with Crippen LogP contribution in [0.2, 0.25) is 0 Å². The quantitative estimate of drug-likeness (QED) is 0.816. The molecule has 2 heterocycles. The molecule has 24 heavy (non-hydrogen) atoms. The van der Waals surface area contributed by atoms with E-state index in [9.17, 15) is 9.50 Å². The van der Waals surface area contributed by atoms with Crippen LogP contribution in [0, 0.1) is 5.82 Å². The molecule has 3 rings (SSSR count). The summed E-state index contributed by atoms with van der Waals surface area (Å²) < 4.78 is 24.1. The number of benzene rings is 1. The van der Waals surface area contributed by atoms with Crippen molar-refractivity contribution >= 4 is 5.69 Å². The average molecular weight is 338 g/mol. The number of halogens is 1. The number of nitrogens with zero attached hydrogens (tertiary/aromatic N) is 2. The summed E-state index contributed by atoms with van der Waals surface area (Å²) in [7, 11) is 0. The molecule has 2 saturated heterocycles. The van der Waals surface area contributed by atoms with E-state index in [0.717, 1.165) is 51.3 Å². The Kier molecular flexibility index (Phi) is 6.43. The summed E-state index contributed by atoms with van der Waals surface area (Å²) in [5, 5.41) is 10.1. The highest BCUT2D eigenvalue weighted by Crippen LogP contribution is 2.17. The molecule has 0 aliphatic carbocycles. The normalized spacial score (nSPS) is 23.6. The molecule has 0 bridgehead atoms. The summed E-state index contributed by atoms with van der Waals surface area (Å²) in [6.45, 7) is 5.94. The van der Waals surface area contributed by atoms with Crippen molar-refractivity contribution in [2.24, 2.45) is 0 Å². The van der Waals surface area contributed by atoms with Gasteiger partial charge >= 0.3 is 0 Å². The van der Waals surface area contributed by atoms with Gasteiger partial charge in [0.15, 0.2) is 0 Å². The summed E-state index contributed by atoms with van der Waals surface area (Å²) in [6.07, 6.45) is 1.90. The van der Waals surface area contributed by atoms with Crippen molar-refractivity contribution < 1.29 is 19.0 Å². The van der Waals surface area contributed by atoms with E-state index >= 15 is 0 Å². The third-order valence-corrected chi connectivity index (χ3v) is 4.67. The second kappa shape index (κ2) is 8.76. The molecule has 2 fully saturated rings. The molecule has 0 saturated carbocycles. The number of anilines is 1. The standard InChI is InChI=1S/C18H27FN2O3/c19-15-3-5-16(6-4-15)21-9-7-20(8-10-21)12-17(22)13-23-14-18-2-1-11-24-18/h3-6,17-18,22H,1-2,7-14H2. The first kappa shape index (κ1) is 17.6. The molecule has 134 valence electrons. The van der Waals surface area contributed by atoms with E-state index in [4.69, 9.17) is 9.47 Å². The third kappa shape index (κ3) is 5.14. The maximum atomic E-state index is 13.0. The zero-order chi connectivity index (χ0) is 16.8. The van der Waals surface area contributed by atoms with Gasteiger partial charge in [-0.15, -0.1) is 0 Å². The smallest absolute Gasteiger partial charge is 0.123 e. The molecule has 2 aliphatic heterocycles. The largest absolute Gasteiger partial charge is 0.389 e. The summed E-state index contributed by atoms with van der Waals surface area (Å²) in [6, 6.07) is 6.63. The Labute approximate surface area is 143 Å². The first-order valence-corrected chi connectivity index (χ1v) is 8.81. The molecule has 0 amide bonds. The lowest BCUT2D eigenvalue weighted by molar-refractivity contribution is -0.0254. The van der Waals surface area contributed by atoms with E-state index in [1.165, 1.54) is 12.1 Å². The van der Waals surface area contributed by atoms with Crippen molar-refractivity contribution in [2.75, 3.05) is 57.4 Å². The Morgan fingerprint density at radius 2 is 1.96 bits per heavy atom. The van der Waals surface area contributed by atoms with Gasteiger partial charge in [-0.3, -0.25) is 4.90 Å². The Balaban J connectivity index is 1.33. The van der Waals surface area contributed by atoms with Crippen molar-refractivity contribution in [2.45, 2.75) is 25.0 Å². The number of aliphatic hydroxyl groups is 1. The molecule has 0 aromatic heterocycles. The number of ether oxygens (including phenoxy) is 2. The van der Waals surface area contributed by atoms with Gasteiger partial charge in [-0.1, -0.05) is 0 Å². The zero-order valence-electron chi connectivity index (χ0n) is 14.1. The molecule has 1 aromatic rings. The number of rotatable bonds is 7. The first-order valence-electron chi connectivity index (χ1n) is 8.81. The number of hydrogen-bond acceptors (Lipinski definition) is 5. The van der Waals surface area contributed by atoms with Crippen molar-refractivity contribution in [3.8, 4) is 0 Å². The maximum Gasteiger partial charge on any atom is 0.123 e. The van der Waals surface area contributed by atoms with Crippen LogP contribution >= 0.6 is 0 Å². The third-order valence-electron chi connectivity index (χ3n) is 4.67. The van der Waals surface area contributed by atoms with Crippen molar-refractivity contribution in [3.63, 3.8) is 0 Å². The number of piperazine rings is 1. The molecule has 2 atom stereocenters. The number of aliphatic hydroxyl groups excluding tert-OH is 1. The number of hydrogen-bond donors (Lipinski definition) is 1. The Morgan fingerprint density at radius 1 is 1.21 bits per heavy atom. The maximum absolute atomic E-state index is 13.0. The van der Waals surface area contributed by atoms with Gasteiger partial charge in [-0.2, -0.15) is 0 Å². The molecule has 1 N–H and O–H groups in total. The fraction of sp³-hybridized carbons (Fsp3) is 0.667. The minimum atomic E-state index is -0.469. The predicted octanol–water partition coefficient (Wildman–Crippen LogP) is 1.50. The minimum absolute atomic E-state index is 0.205. The van der Waals surface area contributed by atoms with Crippen LogP contribution < -0.4 is 4.90 Å². The van der Waals surface area contributed by atoms with Gasteiger partial charge in [-0.05, 0) is 37.1 Å². The highest BCUT2D eigenvalue weighted by atomic mass is 19.1. The fourth-order valence-electron chi connectivity index (χ4n) is 3.30. The summed E-state index contributed by atoms with van der Waals surface area (Å²) in [5.41, 5.74) is 1.05. The van der Waals surface area contributed by atoms with E-state index in [0.29, 0.717) is 19.8 Å². The molecule has 5 nitrogen and oxygen atoms in total. The van der Waals surface area contributed by atoms with Crippen LogP contribution in [0.25, 0.3) is 0 Å². The van der Waals surface area contributed by atoms with E-state index in [2.05, 4.69) is 9.80 Å². The van der Waals surface area contributed by atoms with Gasteiger partial charge in [0, 0.05) is 45.0 Å². The summed E-state index contributed by atoms with van der Waals surface area (Å²) in [4.78, 5) is 4.50. The fourth-order valence-corrected chi connectivity index (χ4v) is 3.30. The molecule has 1 aromatic carbocycles. The van der Waals surface area contributed by atoms with E-state index in [1.54, 1.807) is 0 Å². The van der Waals surface area contributed by atoms with E-state index in [1.807, 2.05) is 12.1 Å². The second-order valence-corrected chi connectivity index (χ2v) is 6.59. The lowest BCUT2D eigenvalue weighted by Gasteiger charge is -2.36. The van der Waals surface area contributed by atoms with Crippen LogP contribution in [0.3, 0.4) is 0 Å². The zero-order valence-corrected chi connectivity index (χ0v) is 14.1. The van der Waals surface area contributed by atoms with Gasteiger partial charge in [0.2, 0.25) is 0 Å². The molecule has 0 spiro atoms. The van der Waals surface area contributed by atoms with Gasteiger partial charge in [0.25, 0.3) is 0 Å². The second-order valence-electron chi connectivity index (χ2n) is 6.59. The van der Waals surface area contributed by atoms with E-state index in [-0.39, 0.29) is 11.9 Å². The van der Waals surface area contributed by atoms with Crippen LogP contribution in [0.4, 0.5) is 10.1 Å². The first-order chi connectivity index (χ1) is 11.7. The van der Waals surface area contributed by atoms with Gasteiger partial charge < -0.3 is 19.5 Å². The highest BCUT2D eigenvalue weighted by Gasteiger charge is 2.20. The summed E-state index contributed by atoms with van der Waals surface area (Å²) >= 11 is 0. The average Bonchev–Trinajstić information content (AvgIpc) is 3.10. The number of β-amino-alcohol motifs (C(OH)–C–C–N with tert-alkyl or cyclic N) is 1. The minimum Gasteiger partial charge on any atom is -0.389 e. The van der Waals surface area contributed by atoms with Gasteiger partial charge in [0.05, 0.1) is 25.4 Å². The van der Waals surface area contributed by atoms with Crippen molar-refractivity contribution in [3.05, 3.63) is 30.1 Å². The molecule has 0 radical (unpaired) electrons. The predicted molar refractivity (Wildman–Crippen MR) is 90.9 cm³/mol. The van der Waals surface area contributed by atoms with E-state index < -0.39 is 6.10 Å². The lowest BCUT2D eigenvalue weighted by atomic mass is 10.2. The van der Waals surface area contributed by atoms with Crippen molar-refractivity contribution in [1.29, 1.82) is 0 Å². The molecule has 2 unspecified atom stereocenters.